The van der Waals surface area contributed by atoms with Gasteiger partial charge in [0.15, 0.2) is 0 Å². The van der Waals surface area contributed by atoms with E-state index >= 15 is 0 Å². The molecule has 0 saturated heterocycles. The first-order chi connectivity index (χ1) is 10.1. The molecule has 0 aliphatic carbocycles. The zero-order valence-corrected chi connectivity index (χ0v) is 13.1. The fraction of sp³-hybridized carbons (Fsp3) is 0.438. The van der Waals surface area contributed by atoms with E-state index in [0.29, 0.717) is 24.7 Å². The Hall–Kier alpha value is -2.01. The molecule has 5 heteroatoms. The number of allylic oxidation sites excluding steroid dienone is 1. The van der Waals surface area contributed by atoms with Gasteiger partial charge in [-0.05, 0) is 31.1 Å². The molecule has 0 aromatic heterocycles. The number of ether oxygens (including phenoxy) is 3. The fourth-order valence-corrected chi connectivity index (χ4v) is 1.88. The van der Waals surface area contributed by atoms with Gasteiger partial charge in [-0.15, -0.1) is 0 Å². The zero-order chi connectivity index (χ0) is 15.7. The largest absolute Gasteiger partial charge is 0.497 e. The van der Waals surface area contributed by atoms with Gasteiger partial charge >= 0.3 is 0 Å². The summed E-state index contributed by atoms with van der Waals surface area (Å²) in [6.45, 7) is 3.10. The first-order valence-corrected chi connectivity index (χ1v) is 6.79. The molecule has 0 unspecified atom stereocenters. The van der Waals surface area contributed by atoms with Gasteiger partial charge in [0.2, 0.25) is 5.91 Å². The van der Waals surface area contributed by atoms with Crippen LogP contribution < -0.4 is 14.8 Å². The molecule has 0 heterocycles. The molecule has 0 atom stereocenters. The standard InChI is InChI=1S/C16H23NO4/c1-12(10-16(18)17-8-5-9-19-2)14-7-6-13(20-3)11-15(14)21-4/h6-7,10-11H,5,8-9H2,1-4H3,(H,17,18)/b12-10+. The maximum absolute atomic E-state index is 11.8. The number of rotatable bonds is 8. The summed E-state index contributed by atoms with van der Waals surface area (Å²) >= 11 is 0. The van der Waals surface area contributed by atoms with E-state index in [1.54, 1.807) is 33.5 Å². The number of carbonyl (C=O) groups excluding carboxylic acids is 1. The molecule has 0 radical (unpaired) electrons. The van der Waals surface area contributed by atoms with Gasteiger partial charge in [-0.3, -0.25) is 4.79 Å². The van der Waals surface area contributed by atoms with Gasteiger partial charge in [0.25, 0.3) is 0 Å². The van der Waals surface area contributed by atoms with E-state index in [0.717, 1.165) is 17.6 Å². The minimum absolute atomic E-state index is 0.124. The summed E-state index contributed by atoms with van der Waals surface area (Å²) in [4.78, 5) is 11.8. The monoisotopic (exact) mass is 293 g/mol. The molecule has 0 fully saturated rings. The average Bonchev–Trinajstić information content (AvgIpc) is 2.50. The molecule has 0 saturated carbocycles. The summed E-state index contributed by atoms with van der Waals surface area (Å²) < 4.78 is 15.4. The van der Waals surface area contributed by atoms with Gasteiger partial charge in [0.05, 0.1) is 14.2 Å². The molecule has 1 amide bonds. The van der Waals surface area contributed by atoms with Crippen molar-refractivity contribution in [2.24, 2.45) is 0 Å². The third-order valence-electron chi connectivity index (χ3n) is 3.01. The number of hydrogen-bond donors (Lipinski definition) is 1. The Bertz CT molecular complexity index is 497. The Labute approximate surface area is 125 Å². The lowest BCUT2D eigenvalue weighted by molar-refractivity contribution is -0.116. The third-order valence-corrected chi connectivity index (χ3v) is 3.01. The van der Waals surface area contributed by atoms with Crippen LogP contribution in [0.25, 0.3) is 5.57 Å². The lowest BCUT2D eigenvalue weighted by Gasteiger charge is -2.11. The second kappa shape index (κ2) is 9.02. The minimum atomic E-state index is -0.124. The number of benzene rings is 1. The van der Waals surface area contributed by atoms with Crippen LogP contribution >= 0.6 is 0 Å². The van der Waals surface area contributed by atoms with E-state index in [9.17, 15) is 4.79 Å². The Balaban J connectivity index is 2.75. The van der Waals surface area contributed by atoms with E-state index in [2.05, 4.69) is 5.32 Å². The Kier molecular flexibility index (Phi) is 7.32. The van der Waals surface area contributed by atoms with E-state index < -0.39 is 0 Å². The van der Waals surface area contributed by atoms with Crippen LogP contribution in [0.5, 0.6) is 11.5 Å². The van der Waals surface area contributed by atoms with Gasteiger partial charge in [0.1, 0.15) is 11.5 Å². The number of hydrogen-bond acceptors (Lipinski definition) is 4. The van der Waals surface area contributed by atoms with Crippen LogP contribution in [0.1, 0.15) is 18.9 Å². The number of amides is 1. The molecule has 0 aliphatic heterocycles. The van der Waals surface area contributed by atoms with Crippen molar-refractivity contribution in [1.29, 1.82) is 0 Å². The van der Waals surface area contributed by atoms with E-state index in [4.69, 9.17) is 14.2 Å². The molecule has 116 valence electrons. The molecule has 5 nitrogen and oxygen atoms in total. The second-order valence-electron chi connectivity index (χ2n) is 4.53. The summed E-state index contributed by atoms with van der Waals surface area (Å²) in [7, 11) is 4.84. The highest BCUT2D eigenvalue weighted by atomic mass is 16.5. The molecule has 0 bridgehead atoms. The number of carbonyl (C=O) groups is 1. The normalized spacial score (nSPS) is 11.1. The van der Waals surface area contributed by atoms with Gasteiger partial charge < -0.3 is 19.5 Å². The summed E-state index contributed by atoms with van der Waals surface area (Å²) in [6, 6.07) is 5.51. The maximum atomic E-state index is 11.8. The zero-order valence-electron chi connectivity index (χ0n) is 13.1. The molecule has 0 spiro atoms. The molecule has 1 rings (SSSR count). The molecule has 21 heavy (non-hydrogen) atoms. The van der Waals surface area contributed by atoms with Crippen LogP contribution in [-0.4, -0.2) is 40.4 Å². The highest BCUT2D eigenvalue weighted by Crippen LogP contribution is 2.29. The van der Waals surface area contributed by atoms with Crippen molar-refractivity contribution in [2.45, 2.75) is 13.3 Å². The summed E-state index contributed by atoms with van der Waals surface area (Å²) in [5.41, 5.74) is 1.70. The minimum Gasteiger partial charge on any atom is -0.497 e. The van der Waals surface area contributed by atoms with E-state index in [1.165, 1.54) is 0 Å². The van der Waals surface area contributed by atoms with Crippen molar-refractivity contribution >= 4 is 11.5 Å². The topological polar surface area (TPSA) is 56.8 Å². The predicted octanol–water partition coefficient (Wildman–Crippen LogP) is 2.26. The fourth-order valence-electron chi connectivity index (χ4n) is 1.88. The van der Waals surface area contributed by atoms with Crippen LogP contribution in [0.3, 0.4) is 0 Å². The van der Waals surface area contributed by atoms with Crippen molar-refractivity contribution in [3.63, 3.8) is 0 Å². The Morgan fingerprint density at radius 3 is 2.62 bits per heavy atom. The third kappa shape index (κ3) is 5.47. The van der Waals surface area contributed by atoms with Crippen molar-refractivity contribution in [3.05, 3.63) is 29.8 Å². The second-order valence-corrected chi connectivity index (χ2v) is 4.53. The first-order valence-electron chi connectivity index (χ1n) is 6.79. The van der Waals surface area contributed by atoms with Gasteiger partial charge in [-0.1, -0.05) is 0 Å². The maximum Gasteiger partial charge on any atom is 0.244 e. The molecule has 1 aromatic rings. The van der Waals surface area contributed by atoms with Crippen LogP contribution in [-0.2, 0) is 9.53 Å². The first kappa shape index (κ1) is 17.0. The van der Waals surface area contributed by atoms with Gasteiger partial charge in [-0.2, -0.15) is 0 Å². The van der Waals surface area contributed by atoms with Crippen molar-refractivity contribution in [1.82, 2.24) is 5.32 Å². The average molecular weight is 293 g/mol. The smallest absolute Gasteiger partial charge is 0.244 e. The molecular formula is C16H23NO4. The highest BCUT2D eigenvalue weighted by molar-refractivity contribution is 5.95. The van der Waals surface area contributed by atoms with Crippen molar-refractivity contribution in [3.8, 4) is 11.5 Å². The van der Waals surface area contributed by atoms with Crippen molar-refractivity contribution < 1.29 is 19.0 Å². The Morgan fingerprint density at radius 1 is 1.24 bits per heavy atom. The van der Waals surface area contributed by atoms with Crippen LogP contribution in [0.2, 0.25) is 0 Å². The summed E-state index contributed by atoms with van der Waals surface area (Å²) in [5, 5.41) is 2.82. The summed E-state index contributed by atoms with van der Waals surface area (Å²) in [5.74, 6) is 1.27. The number of nitrogens with one attached hydrogen (secondary N) is 1. The van der Waals surface area contributed by atoms with E-state index in [1.807, 2.05) is 19.1 Å². The molecule has 0 aliphatic rings. The van der Waals surface area contributed by atoms with Crippen LogP contribution in [0.15, 0.2) is 24.3 Å². The Morgan fingerprint density at radius 2 is 2.00 bits per heavy atom. The summed E-state index contributed by atoms with van der Waals surface area (Å²) in [6.07, 6.45) is 2.36. The van der Waals surface area contributed by atoms with E-state index in [-0.39, 0.29) is 5.91 Å². The SMILES string of the molecule is COCCCNC(=O)/C=C(\C)c1ccc(OC)cc1OC. The lowest BCUT2D eigenvalue weighted by Crippen LogP contribution is -2.23. The number of methoxy groups -OCH3 is 3. The van der Waals surface area contributed by atoms with Crippen LogP contribution in [0.4, 0.5) is 0 Å². The molecule has 1 aromatic carbocycles. The molecule has 1 N–H and O–H groups in total. The molecular weight excluding hydrogens is 270 g/mol. The predicted molar refractivity (Wildman–Crippen MR) is 82.7 cm³/mol. The van der Waals surface area contributed by atoms with Gasteiger partial charge in [-0.25, -0.2) is 0 Å². The van der Waals surface area contributed by atoms with Crippen molar-refractivity contribution in [2.75, 3.05) is 34.5 Å². The van der Waals surface area contributed by atoms with Gasteiger partial charge in [0, 0.05) is 38.0 Å². The highest BCUT2D eigenvalue weighted by Gasteiger charge is 2.08. The lowest BCUT2D eigenvalue weighted by atomic mass is 10.1. The quantitative estimate of drug-likeness (QED) is 0.590. The van der Waals surface area contributed by atoms with Crippen LogP contribution in [0, 0.1) is 0 Å².